The Morgan fingerprint density at radius 1 is 1.06 bits per heavy atom. The lowest BCUT2D eigenvalue weighted by molar-refractivity contribution is -0.113. The molecular formula is C39H45ClN4O3. The average Bonchev–Trinajstić information content (AvgIpc) is 3.54. The van der Waals surface area contributed by atoms with Gasteiger partial charge in [0.1, 0.15) is 5.82 Å². The normalized spacial score (nSPS) is 16.6. The van der Waals surface area contributed by atoms with Gasteiger partial charge in [-0.3, -0.25) is 4.79 Å². The molecule has 3 aromatic rings. The van der Waals surface area contributed by atoms with E-state index in [0.29, 0.717) is 29.6 Å². The fourth-order valence-electron chi connectivity index (χ4n) is 6.98. The lowest BCUT2D eigenvalue weighted by atomic mass is 9.86. The van der Waals surface area contributed by atoms with E-state index in [1.54, 1.807) is 14.2 Å². The minimum Gasteiger partial charge on any atom is -0.481 e. The standard InChI is InChI=1S/C39H45ClN4O3/c1-7-24(2)35-29(30-17-10-18-31(36(30)40)34-22-27-14-9-15-28(27)39(42-34)47-6)16-11-19-33(35)41-38(45)32-23-44(20-21-46-5)25(3)43(4)37(32)26-12-8-13-26/h10-11,16-19,22-24H,3,7-9,12-15,20-21H2,1-2,4-6H3,(H,41,45). The predicted octanol–water partition coefficient (Wildman–Crippen LogP) is 8.71. The molecule has 3 aliphatic rings. The Bertz CT molecular complexity index is 1770. The number of aryl methyl sites for hydroxylation is 1. The van der Waals surface area contributed by atoms with Gasteiger partial charge in [-0.05, 0) is 85.3 Å². The third-order valence-corrected chi connectivity index (χ3v) is 10.3. The summed E-state index contributed by atoms with van der Waals surface area (Å²) in [6.07, 6.45) is 9.05. The predicted molar refractivity (Wildman–Crippen MR) is 190 cm³/mol. The first kappa shape index (κ1) is 32.9. The van der Waals surface area contributed by atoms with Crippen molar-refractivity contribution in [1.82, 2.24) is 14.8 Å². The van der Waals surface area contributed by atoms with Gasteiger partial charge in [0.15, 0.2) is 0 Å². The Kier molecular flexibility index (Phi) is 9.76. The van der Waals surface area contributed by atoms with Crippen LogP contribution in [0.5, 0.6) is 5.88 Å². The average molecular weight is 653 g/mol. The number of allylic oxidation sites excluding steroid dienone is 1. The minimum atomic E-state index is -0.142. The van der Waals surface area contributed by atoms with E-state index in [1.165, 1.54) is 16.7 Å². The number of nitrogens with one attached hydrogen (secondary N) is 1. The molecule has 2 heterocycles. The molecule has 47 heavy (non-hydrogen) atoms. The summed E-state index contributed by atoms with van der Waals surface area (Å²) in [5.41, 5.74) is 10.8. The Labute approximate surface area is 283 Å². The van der Waals surface area contributed by atoms with Gasteiger partial charge in [0.25, 0.3) is 5.91 Å². The van der Waals surface area contributed by atoms with Gasteiger partial charge in [-0.25, -0.2) is 4.98 Å². The number of benzene rings is 2. The molecule has 1 amide bonds. The van der Waals surface area contributed by atoms with Crippen LogP contribution in [-0.4, -0.2) is 55.1 Å². The molecule has 246 valence electrons. The van der Waals surface area contributed by atoms with Crippen molar-refractivity contribution in [2.75, 3.05) is 39.7 Å². The van der Waals surface area contributed by atoms with Crippen LogP contribution in [-0.2, 0) is 22.4 Å². The monoisotopic (exact) mass is 652 g/mol. The summed E-state index contributed by atoms with van der Waals surface area (Å²) in [6, 6.07) is 14.4. The van der Waals surface area contributed by atoms with Gasteiger partial charge in [0.05, 0.1) is 35.7 Å². The van der Waals surface area contributed by atoms with E-state index in [9.17, 15) is 4.79 Å². The zero-order chi connectivity index (χ0) is 33.2. The molecule has 1 aliphatic heterocycles. The lowest BCUT2D eigenvalue weighted by Gasteiger charge is -2.40. The quantitative estimate of drug-likeness (QED) is 0.236. The van der Waals surface area contributed by atoms with Gasteiger partial charge < -0.3 is 24.6 Å². The fraction of sp³-hybridized carbons (Fsp3) is 0.385. The number of pyridine rings is 1. The molecule has 1 fully saturated rings. The first-order valence-electron chi connectivity index (χ1n) is 16.7. The van der Waals surface area contributed by atoms with E-state index >= 15 is 0 Å². The van der Waals surface area contributed by atoms with Crippen LogP contribution in [0.2, 0.25) is 5.02 Å². The molecule has 6 rings (SSSR count). The second kappa shape index (κ2) is 14.0. The summed E-state index contributed by atoms with van der Waals surface area (Å²) in [5.74, 6) is 1.53. The van der Waals surface area contributed by atoms with E-state index in [-0.39, 0.29) is 11.8 Å². The van der Waals surface area contributed by atoms with Crippen LogP contribution < -0.4 is 10.1 Å². The number of aromatic nitrogens is 1. The van der Waals surface area contributed by atoms with E-state index in [2.05, 4.69) is 48.8 Å². The summed E-state index contributed by atoms with van der Waals surface area (Å²) in [5, 5.41) is 3.97. The maximum Gasteiger partial charge on any atom is 0.259 e. The number of carbonyl (C=O) groups is 1. The van der Waals surface area contributed by atoms with Crippen LogP contribution in [0.15, 0.2) is 77.9 Å². The molecule has 1 atom stereocenters. The summed E-state index contributed by atoms with van der Waals surface area (Å²) < 4.78 is 11.0. The number of anilines is 1. The second-order valence-electron chi connectivity index (χ2n) is 12.7. The van der Waals surface area contributed by atoms with Crippen molar-refractivity contribution >= 4 is 23.2 Å². The molecule has 8 heteroatoms. The SMILES string of the molecule is C=C1N(CCOC)C=C(C(=O)Nc2cccc(-c3cccc(-c4cc5c(c(OC)n4)CCC5)c3Cl)c2C(C)CC)C(=C2CCC2)N1C. The highest BCUT2D eigenvalue weighted by atomic mass is 35.5. The number of hydrogen-bond donors (Lipinski definition) is 1. The van der Waals surface area contributed by atoms with E-state index < -0.39 is 0 Å². The Morgan fingerprint density at radius 3 is 2.49 bits per heavy atom. The van der Waals surface area contributed by atoms with Crippen LogP contribution in [0.1, 0.15) is 68.6 Å². The third-order valence-electron chi connectivity index (χ3n) is 9.94. The molecule has 0 bridgehead atoms. The number of likely N-dealkylation sites (N-methyl/N-ethyl adjacent to an activating group) is 1. The van der Waals surface area contributed by atoms with Crippen LogP contribution in [0.3, 0.4) is 0 Å². The number of methoxy groups -OCH3 is 2. The minimum absolute atomic E-state index is 0.142. The van der Waals surface area contributed by atoms with Crippen molar-refractivity contribution in [2.24, 2.45) is 0 Å². The highest BCUT2D eigenvalue weighted by Gasteiger charge is 2.32. The van der Waals surface area contributed by atoms with Gasteiger partial charge in [-0.1, -0.05) is 62.4 Å². The summed E-state index contributed by atoms with van der Waals surface area (Å²) in [4.78, 5) is 23.2. The van der Waals surface area contributed by atoms with Crippen molar-refractivity contribution in [3.8, 4) is 28.3 Å². The van der Waals surface area contributed by atoms with Crippen molar-refractivity contribution in [3.05, 3.63) is 99.6 Å². The van der Waals surface area contributed by atoms with Crippen molar-refractivity contribution < 1.29 is 14.3 Å². The molecule has 1 saturated carbocycles. The van der Waals surface area contributed by atoms with Crippen LogP contribution >= 0.6 is 11.6 Å². The second-order valence-corrected chi connectivity index (χ2v) is 13.1. The van der Waals surface area contributed by atoms with Crippen LogP contribution in [0, 0.1) is 0 Å². The molecule has 0 radical (unpaired) electrons. The number of amides is 1. The van der Waals surface area contributed by atoms with Gasteiger partial charge >= 0.3 is 0 Å². The van der Waals surface area contributed by atoms with Crippen molar-refractivity contribution in [3.63, 3.8) is 0 Å². The number of fused-ring (bicyclic) bond motifs is 1. The Hall–Kier alpha value is -4.07. The van der Waals surface area contributed by atoms with Gasteiger partial charge in [-0.15, -0.1) is 0 Å². The van der Waals surface area contributed by atoms with Gasteiger partial charge in [0.2, 0.25) is 5.88 Å². The smallest absolute Gasteiger partial charge is 0.259 e. The molecule has 2 aromatic carbocycles. The van der Waals surface area contributed by atoms with Gasteiger partial charge in [-0.2, -0.15) is 0 Å². The largest absolute Gasteiger partial charge is 0.481 e. The summed E-state index contributed by atoms with van der Waals surface area (Å²) in [6.45, 7) is 9.82. The molecule has 0 spiro atoms. The highest BCUT2D eigenvalue weighted by molar-refractivity contribution is 6.36. The zero-order valence-corrected chi connectivity index (χ0v) is 29.0. The molecule has 1 unspecified atom stereocenters. The summed E-state index contributed by atoms with van der Waals surface area (Å²) >= 11 is 7.27. The number of nitrogens with zero attached hydrogens (tertiary/aromatic N) is 3. The first-order chi connectivity index (χ1) is 22.8. The van der Waals surface area contributed by atoms with Crippen molar-refractivity contribution in [1.29, 1.82) is 0 Å². The summed E-state index contributed by atoms with van der Waals surface area (Å²) in [7, 11) is 5.36. The zero-order valence-electron chi connectivity index (χ0n) is 28.2. The maximum atomic E-state index is 14.3. The van der Waals surface area contributed by atoms with Crippen LogP contribution in [0.4, 0.5) is 5.69 Å². The highest BCUT2D eigenvalue weighted by Crippen LogP contribution is 2.44. The molecule has 0 saturated heterocycles. The topological polar surface area (TPSA) is 66.9 Å². The first-order valence-corrected chi connectivity index (χ1v) is 17.1. The van der Waals surface area contributed by atoms with Gasteiger partial charge in [0, 0.05) is 49.3 Å². The van der Waals surface area contributed by atoms with Crippen molar-refractivity contribution in [2.45, 2.75) is 64.7 Å². The molecular weight excluding hydrogens is 608 g/mol. The fourth-order valence-corrected chi connectivity index (χ4v) is 7.31. The Balaban J connectivity index is 1.41. The molecule has 1 aromatic heterocycles. The van der Waals surface area contributed by atoms with E-state index in [1.807, 2.05) is 42.4 Å². The number of hydrogen-bond acceptors (Lipinski definition) is 6. The number of ether oxygens (including phenoxy) is 2. The number of halogens is 1. The number of carbonyl (C=O) groups excluding carboxylic acids is 1. The lowest BCUT2D eigenvalue weighted by Crippen LogP contribution is -2.39. The molecule has 1 N–H and O–H groups in total. The third kappa shape index (κ3) is 6.19. The van der Waals surface area contributed by atoms with E-state index in [4.69, 9.17) is 26.1 Å². The van der Waals surface area contributed by atoms with E-state index in [0.717, 1.165) is 90.1 Å². The maximum absolute atomic E-state index is 14.3. The van der Waals surface area contributed by atoms with Crippen LogP contribution in [0.25, 0.3) is 22.4 Å². The Morgan fingerprint density at radius 2 is 1.79 bits per heavy atom. The number of rotatable bonds is 10. The molecule has 7 nitrogen and oxygen atoms in total. The molecule has 2 aliphatic carbocycles.